The number of carbonyl (C=O) groups is 1. The van der Waals surface area contributed by atoms with Crippen LogP contribution in [-0.2, 0) is 4.79 Å². The Morgan fingerprint density at radius 2 is 1.70 bits per heavy atom. The molecular weight excluding hydrogens is 336 g/mol. The minimum atomic E-state index is -0.457. The highest BCUT2D eigenvalue weighted by molar-refractivity contribution is 5.81. The fourth-order valence-electron chi connectivity index (χ4n) is 3.66. The van der Waals surface area contributed by atoms with Gasteiger partial charge in [0.05, 0.1) is 0 Å². The lowest BCUT2D eigenvalue weighted by atomic mass is 9.93. The average Bonchev–Trinajstić information content (AvgIpc) is 2.73. The normalized spacial score (nSPS) is 16.1. The van der Waals surface area contributed by atoms with Gasteiger partial charge < -0.3 is 15.0 Å². The fourth-order valence-corrected chi connectivity index (χ4v) is 3.66. The third-order valence-electron chi connectivity index (χ3n) is 5.35. The number of hydrogen-bond acceptors (Lipinski definition) is 3. The molecule has 0 saturated carbocycles. The van der Waals surface area contributed by atoms with Crippen LogP contribution in [0, 0.1) is 5.92 Å². The van der Waals surface area contributed by atoms with Crippen molar-refractivity contribution in [2.75, 3.05) is 26.7 Å². The largest absolute Gasteiger partial charge is 0.481 e. The second-order valence-electron chi connectivity index (χ2n) is 7.31. The molecule has 2 aromatic rings. The minimum Gasteiger partial charge on any atom is -0.481 e. The molecule has 0 spiro atoms. The molecule has 1 aliphatic heterocycles. The number of piperidine rings is 1. The number of benzene rings is 2. The number of carbonyl (C=O) groups excluding carboxylic acids is 1. The monoisotopic (exact) mass is 366 g/mol. The van der Waals surface area contributed by atoms with Gasteiger partial charge in [-0.05, 0) is 69.0 Å². The molecule has 0 radical (unpaired) electrons. The van der Waals surface area contributed by atoms with Crippen LogP contribution < -0.4 is 10.1 Å². The van der Waals surface area contributed by atoms with Crippen LogP contribution in [0.4, 0.5) is 0 Å². The van der Waals surface area contributed by atoms with Gasteiger partial charge in [-0.15, -0.1) is 0 Å². The Morgan fingerprint density at radius 1 is 1.07 bits per heavy atom. The second kappa shape index (κ2) is 9.56. The molecule has 1 unspecified atom stereocenters. The van der Waals surface area contributed by atoms with E-state index in [-0.39, 0.29) is 5.91 Å². The van der Waals surface area contributed by atoms with Crippen LogP contribution in [0.1, 0.15) is 26.2 Å². The lowest BCUT2D eigenvalue weighted by Gasteiger charge is -2.33. The van der Waals surface area contributed by atoms with Crippen LogP contribution in [0.2, 0.25) is 0 Å². The Kier molecular flexibility index (Phi) is 6.88. The number of rotatable bonds is 7. The Labute approximate surface area is 162 Å². The van der Waals surface area contributed by atoms with Gasteiger partial charge in [-0.25, -0.2) is 0 Å². The summed E-state index contributed by atoms with van der Waals surface area (Å²) >= 11 is 0. The number of amides is 1. The molecule has 27 heavy (non-hydrogen) atoms. The highest BCUT2D eigenvalue weighted by Gasteiger charge is 2.26. The van der Waals surface area contributed by atoms with E-state index < -0.39 is 6.10 Å². The van der Waals surface area contributed by atoms with Gasteiger partial charge in [-0.1, -0.05) is 42.5 Å². The van der Waals surface area contributed by atoms with Crippen LogP contribution in [0.25, 0.3) is 11.1 Å². The third-order valence-corrected chi connectivity index (χ3v) is 5.35. The van der Waals surface area contributed by atoms with Gasteiger partial charge in [0.1, 0.15) is 5.75 Å². The van der Waals surface area contributed by atoms with Crippen molar-refractivity contribution in [2.45, 2.75) is 32.3 Å². The summed E-state index contributed by atoms with van der Waals surface area (Å²) in [6.07, 6.45) is 2.91. The summed E-state index contributed by atoms with van der Waals surface area (Å²) in [6, 6.07) is 18.2. The van der Waals surface area contributed by atoms with E-state index in [9.17, 15) is 4.79 Å². The summed E-state index contributed by atoms with van der Waals surface area (Å²) in [7, 11) is 1.99. The molecule has 2 aromatic carbocycles. The SMILES string of the molecule is CNCCC1CCN(C(=O)C(C)Oc2ccc(-c3ccccc3)cc2)CC1. The quantitative estimate of drug-likeness (QED) is 0.806. The summed E-state index contributed by atoms with van der Waals surface area (Å²) in [5.41, 5.74) is 2.32. The summed E-state index contributed by atoms with van der Waals surface area (Å²) < 4.78 is 5.91. The van der Waals surface area contributed by atoms with Crippen LogP contribution in [-0.4, -0.2) is 43.6 Å². The molecule has 144 valence electrons. The Bertz CT molecular complexity index is 707. The molecule has 1 amide bonds. The molecule has 1 heterocycles. The topological polar surface area (TPSA) is 41.6 Å². The molecular formula is C23H30N2O2. The van der Waals surface area contributed by atoms with Crippen LogP contribution in [0.15, 0.2) is 54.6 Å². The second-order valence-corrected chi connectivity index (χ2v) is 7.31. The molecule has 4 nitrogen and oxygen atoms in total. The lowest BCUT2D eigenvalue weighted by Crippen LogP contribution is -2.45. The lowest BCUT2D eigenvalue weighted by molar-refractivity contribution is -0.139. The van der Waals surface area contributed by atoms with Crippen molar-refractivity contribution >= 4 is 5.91 Å². The van der Waals surface area contributed by atoms with E-state index in [1.54, 1.807) is 0 Å². The zero-order valence-electron chi connectivity index (χ0n) is 16.4. The third kappa shape index (κ3) is 5.33. The Balaban J connectivity index is 1.51. The predicted octanol–water partition coefficient (Wildman–Crippen LogP) is 3.97. The zero-order chi connectivity index (χ0) is 19.1. The highest BCUT2D eigenvalue weighted by Crippen LogP contribution is 2.24. The van der Waals surface area contributed by atoms with Crippen LogP contribution >= 0.6 is 0 Å². The molecule has 0 bridgehead atoms. The Morgan fingerprint density at radius 3 is 2.33 bits per heavy atom. The molecule has 0 aliphatic carbocycles. The van der Waals surface area contributed by atoms with E-state index in [0.29, 0.717) is 0 Å². The van der Waals surface area contributed by atoms with Crippen molar-refractivity contribution < 1.29 is 9.53 Å². The average molecular weight is 367 g/mol. The molecule has 3 rings (SSSR count). The molecule has 1 N–H and O–H groups in total. The first kappa shape index (κ1) is 19.4. The molecule has 1 aliphatic rings. The van der Waals surface area contributed by atoms with Gasteiger partial charge in [-0.2, -0.15) is 0 Å². The van der Waals surface area contributed by atoms with Gasteiger partial charge >= 0.3 is 0 Å². The van der Waals surface area contributed by atoms with E-state index in [2.05, 4.69) is 17.4 Å². The number of nitrogens with one attached hydrogen (secondary N) is 1. The Hall–Kier alpha value is -2.33. The number of ether oxygens (including phenoxy) is 1. The van der Waals surface area contributed by atoms with Crippen molar-refractivity contribution in [2.24, 2.45) is 5.92 Å². The fraction of sp³-hybridized carbons (Fsp3) is 0.435. The molecule has 1 fully saturated rings. The number of nitrogens with zero attached hydrogens (tertiary/aromatic N) is 1. The predicted molar refractivity (Wildman–Crippen MR) is 110 cm³/mol. The maximum atomic E-state index is 12.7. The molecule has 0 aromatic heterocycles. The van der Waals surface area contributed by atoms with Gasteiger partial charge in [0.15, 0.2) is 6.10 Å². The van der Waals surface area contributed by atoms with E-state index in [1.807, 2.05) is 61.3 Å². The summed E-state index contributed by atoms with van der Waals surface area (Å²) in [6.45, 7) is 4.58. The van der Waals surface area contributed by atoms with E-state index in [4.69, 9.17) is 4.74 Å². The summed E-state index contributed by atoms with van der Waals surface area (Å²) in [5, 5.41) is 3.21. The van der Waals surface area contributed by atoms with Gasteiger partial charge in [0, 0.05) is 13.1 Å². The standard InChI is InChI=1S/C23H30N2O2/c1-18(23(26)25-16-13-19(14-17-25)12-15-24-2)27-22-10-8-21(9-11-22)20-6-4-3-5-7-20/h3-11,18-19,24H,12-17H2,1-2H3. The van der Waals surface area contributed by atoms with E-state index in [1.165, 1.54) is 12.0 Å². The van der Waals surface area contributed by atoms with Crippen molar-refractivity contribution in [1.82, 2.24) is 10.2 Å². The van der Waals surface area contributed by atoms with Crippen molar-refractivity contribution in [1.29, 1.82) is 0 Å². The van der Waals surface area contributed by atoms with E-state index in [0.717, 1.165) is 49.7 Å². The summed E-state index contributed by atoms with van der Waals surface area (Å²) in [4.78, 5) is 14.7. The van der Waals surface area contributed by atoms with Gasteiger partial charge in [0.2, 0.25) is 0 Å². The highest BCUT2D eigenvalue weighted by atomic mass is 16.5. The van der Waals surface area contributed by atoms with Gasteiger partial charge in [0.25, 0.3) is 5.91 Å². The van der Waals surface area contributed by atoms with Crippen molar-refractivity contribution in [3.63, 3.8) is 0 Å². The first-order valence-electron chi connectivity index (χ1n) is 9.93. The zero-order valence-corrected chi connectivity index (χ0v) is 16.4. The first-order valence-corrected chi connectivity index (χ1v) is 9.93. The summed E-state index contributed by atoms with van der Waals surface area (Å²) in [5.74, 6) is 1.55. The number of likely N-dealkylation sites (tertiary alicyclic amines) is 1. The molecule has 4 heteroatoms. The number of hydrogen-bond donors (Lipinski definition) is 1. The minimum absolute atomic E-state index is 0.0919. The maximum absolute atomic E-state index is 12.7. The smallest absolute Gasteiger partial charge is 0.263 e. The van der Waals surface area contributed by atoms with Crippen molar-refractivity contribution in [3.05, 3.63) is 54.6 Å². The van der Waals surface area contributed by atoms with E-state index >= 15 is 0 Å². The first-order chi connectivity index (χ1) is 13.2. The maximum Gasteiger partial charge on any atom is 0.263 e. The molecule has 1 atom stereocenters. The van der Waals surface area contributed by atoms with Crippen LogP contribution in [0.3, 0.4) is 0 Å². The molecule has 1 saturated heterocycles. The van der Waals surface area contributed by atoms with Gasteiger partial charge in [-0.3, -0.25) is 4.79 Å². The van der Waals surface area contributed by atoms with Crippen LogP contribution in [0.5, 0.6) is 5.75 Å². The van der Waals surface area contributed by atoms with Crippen molar-refractivity contribution in [3.8, 4) is 16.9 Å².